The molecule has 0 saturated heterocycles. The fraction of sp³-hybridized carbons (Fsp3) is 0.370. The first-order chi connectivity index (χ1) is 16.5. The van der Waals surface area contributed by atoms with Gasteiger partial charge in [0.25, 0.3) is 0 Å². The molecule has 8 heteroatoms. The molecule has 0 aliphatic carbocycles. The van der Waals surface area contributed by atoms with Crippen molar-refractivity contribution < 1.29 is 14.3 Å². The molecule has 4 rings (SSSR count). The number of aromatic nitrogens is 3. The molecule has 3 heterocycles. The van der Waals surface area contributed by atoms with E-state index < -0.39 is 17.7 Å². The Kier molecular flexibility index (Phi) is 7.04. The van der Waals surface area contributed by atoms with E-state index >= 15 is 0 Å². The van der Waals surface area contributed by atoms with Crippen molar-refractivity contribution in [2.75, 3.05) is 7.11 Å². The van der Waals surface area contributed by atoms with Crippen LogP contribution >= 0.6 is 22.9 Å². The minimum Gasteiger partial charge on any atom is -0.467 e. The van der Waals surface area contributed by atoms with Crippen molar-refractivity contribution in [3.8, 4) is 11.1 Å². The van der Waals surface area contributed by atoms with Gasteiger partial charge in [-0.3, -0.25) is 4.98 Å². The van der Waals surface area contributed by atoms with Crippen molar-refractivity contribution >= 4 is 39.9 Å². The molecule has 0 aliphatic heterocycles. The van der Waals surface area contributed by atoms with Crippen LogP contribution in [-0.4, -0.2) is 33.2 Å². The Balaban J connectivity index is 2.09. The number of rotatable bonds is 6. The first-order valence-corrected chi connectivity index (χ1v) is 12.7. The number of esters is 1. The van der Waals surface area contributed by atoms with Gasteiger partial charge in [0, 0.05) is 44.0 Å². The molecule has 0 amide bonds. The molecule has 0 saturated carbocycles. The van der Waals surface area contributed by atoms with E-state index in [-0.39, 0.29) is 0 Å². The largest absolute Gasteiger partial charge is 0.467 e. The second kappa shape index (κ2) is 9.72. The van der Waals surface area contributed by atoms with E-state index in [1.165, 1.54) is 7.11 Å². The molecule has 0 N–H and O–H groups in total. The number of carbonyl (C=O) groups is 1. The summed E-state index contributed by atoms with van der Waals surface area (Å²) >= 11 is 7.85. The summed E-state index contributed by atoms with van der Waals surface area (Å²) in [6.45, 7) is 12.6. The molecule has 0 bridgehead atoms. The highest BCUT2D eigenvalue weighted by Gasteiger charge is 2.34. The maximum Gasteiger partial charge on any atom is 0.339 e. The van der Waals surface area contributed by atoms with E-state index in [9.17, 15) is 4.79 Å². The molecule has 1 atom stereocenters. The number of benzene rings is 1. The molecule has 4 aromatic rings. The summed E-state index contributed by atoms with van der Waals surface area (Å²) in [6, 6.07) is 7.66. The number of aryl methyl sites for hydroxylation is 2. The highest BCUT2D eigenvalue weighted by molar-refractivity contribution is 7.09. The van der Waals surface area contributed by atoms with Gasteiger partial charge in [-0.2, -0.15) is 0 Å². The second-order valence-corrected chi connectivity index (χ2v) is 11.0. The van der Waals surface area contributed by atoms with Crippen LogP contribution in [0.5, 0.6) is 0 Å². The number of methoxy groups -OCH3 is 1. The zero-order valence-electron chi connectivity index (χ0n) is 21.1. The minimum absolute atomic E-state index is 0.460. The minimum atomic E-state index is -0.938. The summed E-state index contributed by atoms with van der Waals surface area (Å²) in [5.41, 5.74) is 7.59. The van der Waals surface area contributed by atoms with Crippen molar-refractivity contribution in [1.29, 1.82) is 0 Å². The molecule has 1 aromatic carbocycles. The predicted molar refractivity (Wildman–Crippen MR) is 141 cm³/mol. The van der Waals surface area contributed by atoms with Crippen LogP contribution in [0, 0.1) is 20.8 Å². The fourth-order valence-corrected chi connectivity index (χ4v) is 5.10. The quantitative estimate of drug-likeness (QED) is 0.266. The molecule has 0 aliphatic rings. The topological polar surface area (TPSA) is 66.2 Å². The smallest absolute Gasteiger partial charge is 0.339 e. The van der Waals surface area contributed by atoms with Gasteiger partial charge in [0.15, 0.2) is 6.10 Å². The zero-order chi connectivity index (χ0) is 25.5. The summed E-state index contributed by atoms with van der Waals surface area (Å²) in [5.74, 6) is -0.460. The van der Waals surface area contributed by atoms with E-state index in [2.05, 4.69) is 23.4 Å². The Morgan fingerprint density at radius 2 is 1.86 bits per heavy atom. The normalized spacial score (nSPS) is 12.8. The van der Waals surface area contributed by atoms with Gasteiger partial charge in [-0.15, -0.1) is 11.3 Å². The Labute approximate surface area is 214 Å². The van der Waals surface area contributed by atoms with Crippen molar-refractivity contribution in [3.63, 3.8) is 0 Å². The maximum absolute atomic E-state index is 13.1. The average Bonchev–Trinajstić information content (AvgIpc) is 3.39. The van der Waals surface area contributed by atoms with Gasteiger partial charge in [-0.1, -0.05) is 23.7 Å². The predicted octanol–water partition coefficient (Wildman–Crippen LogP) is 6.82. The molecular weight excluding hydrogens is 482 g/mol. The number of hydrogen-bond acceptors (Lipinski definition) is 6. The lowest BCUT2D eigenvalue weighted by Gasteiger charge is -2.28. The van der Waals surface area contributed by atoms with Crippen LogP contribution in [0.25, 0.3) is 22.2 Å². The van der Waals surface area contributed by atoms with Crippen molar-refractivity contribution in [1.82, 2.24) is 14.5 Å². The summed E-state index contributed by atoms with van der Waals surface area (Å²) in [5, 5.41) is 1.63. The van der Waals surface area contributed by atoms with Crippen LogP contribution in [0.4, 0.5) is 0 Å². The third kappa shape index (κ3) is 4.99. The van der Waals surface area contributed by atoms with Crippen LogP contribution in [0.1, 0.15) is 54.3 Å². The number of nitrogens with zero attached hydrogens (tertiary/aromatic N) is 3. The highest BCUT2D eigenvalue weighted by atomic mass is 35.5. The lowest BCUT2D eigenvalue weighted by atomic mass is 9.91. The van der Waals surface area contributed by atoms with E-state index in [0.29, 0.717) is 22.8 Å². The van der Waals surface area contributed by atoms with Gasteiger partial charge >= 0.3 is 5.97 Å². The first kappa shape index (κ1) is 25.4. The van der Waals surface area contributed by atoms with Crippen LogP contribution in [0.2, 0.25) is 5.02 Å². The number of thiazole rings is 1. The standard InChI is InChI=1S/C27H30ClN3O3S/c1-15-17(3)31(13-20-12-29-14-35-20)25-21(15)23(18-8-10-19(28)11-9-18)22(16(2)30-25)24(26(32)33-7)34-27(4,5)6/h8-12,14,24H,13H2,1-7H3. The Bertz CT molecular complexity index is 1370. The molecule has 0 spiro atoms. The monoisotopic (exact) mass is 511 g/mol. The number of ether oxygens (including phenoxy) is 2. The van der Waals surface area contributed by atoms with Crippen LogP contribution in [0.3, 0.4) is 0 Å². The molecule has 35 heavy (non-hydrogen) atoms. The average molecular weight is 512 g/mol. The Morgan fingerprint density at radius 3 is 2.43 bits per heavy atom. The van der Waals surface area contributed by atoms with E-state index in [1.807, 2.05) is 63.7 Å². The lowest BCUT2D eigenvalue weighted by Crippen LogP contribution is -2.29. The SMILES string of the molecule is COC(=O)C(OC(C)(C)C)c1c(C)nc2c(c(C)c(C)n2Cc2cncs2)c1-c1ccc(Cl)cc1. The first-order valence-electron chi connectivity index (χ1n) is 11.4. The maximum atomic E-state index is 13.1. The van der Waals surface area contributed by atoms with E-state index in [0.717, 1.165) is 38.3 Å². The molecule has 3 aromatic heterocycles. The zero-order valence-corrected chi connectivity index (χ0v) is 22.7. The number of pyridine rings is 1. The van der Waals surface area contributed by atoms with Crippen LogP contribution in [0.15, 0.2) is 36.0 Å². The van der Waals surface area contributed by atoms with Gasteiger partial charge in [0.2, 0.25) is 0 Å². The summed E-state index contributed by atoms with van der Waals surface area (Å²) in [7, 11) is 1.38. The number of halogens is 1. The van der Waals surface area contributed by atoms with Gasteiger partial charge in [-0.05, 0) is 64.8 Å². The number of fused-ring (bicyclic) bond motifs is 1. The van der Waals surface area contributed by atoms with Gasteiger partial charge in [-0.25, -0.2) is 9.78 Å². The van der Waals surface area contributed by atoms with Crippen molar-refractivity contribution in [3.05, 3.63) is 68.4 Å². The Hall–Kier alpha value is -2.74. The van der Waals surface area contributed by atoms with Crippen molar-refractivity contribution in [2.45, 2.75) is 59.8 Å². The lowest BCUT2D eigenvalue weighted by molar-refractivity contribution is -0.164. The molecular formula is C27H30ClN3O3S. The molecule has 0 radical (unpaired) electrons. The molecule has 184 valence electrons. The van der Waals surface area contributed by atoms with Crippen molar-refractivity contribution in [2.24, 2.45) is 0 Å². The van der Waals surface area contributed by atoms with Crippen LogP contribution < -0.4 is 0 Å². The summed E-state index contributed by atoms with van der Waals surface area (Å²) in [4.78, 5) is 23.5. The molecule has 6 nitrogen and oxygen atoms in total. The third-order valence-electron chi connectivity index (χ3n) is 6.06. The summed E-state index contributed by atoms with van der Waals surface area (Å²) in [6.07, 6.45) is 0.948. The second-order valence-electron chi connectivity index (χ2n) is 9.59. The number of carbonyl (C=O) groups excluding carboxylic acids is 1. The Morgan fingerprint density at radius 1 is 1.17 bits per heavy atom. The third-order valence-corrected chi connectivity index (χ3v) is 7.08. The van der Waals surface area contributed by atoms with Gasteiger partial charge in [0.05, 0.1) is 24.8 Å². The molecule has 1 unspecified atom stereocenters. The number of hydrogen-bond donors (Lipinski definition) is 0. The fourth-order valence-electron chi connectivity index (χ4n) is 4.39. The van der Waals surface area contributed by atoms with Crippen LogP contribution in [-0.2, 0) is 20.8 Å². The van der Waals surface area contributed by atoms with Gasteiger partial charge < -0.3 is 14.0 Å². The van der Waals surface area contributed by atoms with E-state index in [1.54, 1.807) is 11.3 Å². The van der Waals surface area contributed by atoms with Gasteiger partial charge in [0.1, 0.15) is 5.65 Å². The highest BCUT2D eigenvalue weighted by Crippen LogP contribution is 2.42. The van der Waals surface area contributed by atoms with E-state index in [4.69, 9.17) is 26.1 Å². The molecule has 0 fully saturated rings. The summed E-state index contributed by atoms with van der Waals surface area (Å²) < 4.78 is 13.7.